The molecule has 0 aromatic carbocycles. The van der Waals surface area contributed by atoms with Crippen molar-refractivity contribution in [2.45, 2.75) is 129 Å². The normalized spacial score (nSPS) is 53.0. The number of epoxide rings is 1. The molecule has 0 bridgehead atoms. The second-order valence-corrected chi connectivity index (χ2v) is 13.8. The van der Waals surface area contributed by atoms with Gasteiger partial charge in [-0.25, -0.2) is 0 Å². The molecule has 0 amide bonds. The Bertz CT molecular complexity index is 699. The highest BCUT2D eigenvalue weighted by Crippen LogP contribution is 2.74. The summed E-state index contributed by atoms with van der Waals surface area (Å²) in [6.07, 6.45) is 12.5. The summed E-state index contributed by atoms with van der Waals surface area (Å²) < 4.78 is 6.50. The van der Waals surface area contributed by atoms with Crippen molar-refractivity contribution in [1.29, 1.82) is 0 Å². The quantitative estimate of drug-likeness (QED) is 0.527. The summed E-state index contributed by atoms with van der Waals surface area (Å²) in [5.74, 6) is 4.41. The van der Waals surface area contributed by atoms with Crippen LogP contribution in [0.2, 0.25) is 0 Å². The van der Waals surface area contributed by atoms with Gasteiger partial charge in [-0.1, -0.05) is 34.1 Å². The number of aliphatic hydroxyl groups is 2. The third-order valence-corrected chi connectivity index (χ3v) is 12.1. The lowest BCUT2D eigenvalue weighted by Crippen LogP contribution is -2.58. The molecule has 4 saturated carbocycles. The molecule has 178 valence electrons. The Morgan fingerprint density at radius 2 is 1.74 bits per heavy atom. The Kier molecular flexibility index (Phi) is 5.25. The molecule has 0 aromatic rings. The van der Waals surface area contributed by atoms with Crippen LogP contribution in [0, 0.1) is 46.3 Å². The maximum atomic E-state index is 10.4. The molecular formula is C28H48O3. The SMILES string of the molecule is C[C@H](CC[C@H](C)C(C)(C)O)[C@H]1CC[C@H]2[C@@H]3C[C@@H]4O[C@@]45C[C@@H](O)CC[C@]5(C)[C@H]3CC[C@]12C. The van der Waals surface area contributed by atoms with Crippen LogP contribution in [0.25, 0.3) is 0 Å². The topological polar surface area (TPSA) is 53.0 Å². The van der Waals surface area contributed by atoms with E-state index in [1.165, 1.54) is 38.5 Å². The van der Waals surface area contributed by atoms with Crippen LogP contribution >= 0.6 is 0 Å². The van der Waals surface area contributed by atoms with Crippen LogP contribution in [-0.4, -0.2) is 33.6 Å². The summed E-state index contributed by atoms with van der Waals surface area (Å²) in [5.41, 5.74) is 0.213. The molecule has 0 radical (unpaired) electrons. The lowest BCUT2D eigenvalue weighted by atomic mass is 9.44. The summed E-state index contributed by atoms with van der Waals surface area (Å²) in [7, 11) is 0. The second-order valence-electron chi connectivity index (χ2n) is 13.8. The highest BCUT2D eigenvalue weighted by Gasteiger charge is 2.76. The minimum Gasteiger partial charge on any atom is -0.393 e. The van der Waals surface area contributed by atoms with Gasteiger partial charge in [-0.05, 0) is 106 Å². The predicted molar refractivity (Wildman–Crippen MR) is 125 cm³/mol. The maximum absolute atomic E-state index is 10.4. The molecule has 5 rings (SSSR count). The van der Waals surface area contributed by atoms with Gasteiger partial charge >= 0.3 is 0 Å². The Morgan fingerprint density at radius 3 is 2.45 bits per heavy atom. The number of rotatable bonds is 5. The van der Waals surface area contributed by atoms with Gasteiger partial charge in [0.2, 0.25) is 0 Å². The zero-order valence-electron chi connectivity index (χ0n) is 21.0. The number of fused-ring (bicyclic) bond motifs is 4. The van der Waals surface area contributed by atoms with Gasteiger partial charge in [0, 0.05) is 11.8 Å². The first-order chi connectivity index (χ1) is 14.4. The van der Waals surface area contributed by atoms with Crippen molar-refractivity contribution in [2.75, 3.05) is 0 Å². The van der Waals surface area contributed by atoms with Gasteiger partial charge in [0.1, 0.15) is 5.60 Å². The summed E-state index contributed by atoms with van der Waals surface area (Å²) >= 11 is 0. The molecule has 1 aliphatic heterocycles. The summed E-state index contributed by atoms with van der Waals surface area (Å²) in [5, 5.41) is 20.7. The maximum Gasteiger partial charge on any atom is 0.103 e. The minimum absolute atomic E-state index is 0.0120. The zero-order chi connectivity index (χ0) is 22.4. The van der Waals surface area contributed by atoms with Gasteiger partial charge in [-0.2, -0.15) is 0 Å². The van der Waals surface area contributed by atoms with Crippen molar-refractivity contribution in [2.24, 2.45) is 46.3 Å². The van der Waals surface area contributed by atoms with Crippen LogP contribution < -0.4 is 0 Å². The van der Waals surface area contributed by atoms with Crippen LogP contribution in [0.4, 0.5) is 0 Å². The lowest BCUT2D eigenvalue weighted by molar-refractivity contribution is -0.116. The summed E-state index contributed by atoms with van der Waals surface area (Å²) in [4.78, 5) is 0. The summed E-state index contributed by atoms with van der Waals surface area (Å²) in [6.45, 7) is 13.8. The number of aliphatic hydroxyl groups excluding tert-OH is 1. The van der Waals surface area contributed by atoms with E-state index in [1.54, 1.807) is 0 Å². The molecule has 2 N–H and O–H groups in total. The van der Waals surface area contributed by atoms with Gasteiger partial charge in [-0.15, -0.1) is 0 Å². The molecule has 1 heterocycles. The van der Waals surface area contributed by atoms with Crippen molar-refractivity contribution in [3.63, 3.8) is 0 Å². The molecule has 1 saturated heterocycles. The van der Waals surface area contributed by atoms with E-state index in [9.17, 15) is 10.2 Å². The molecule has 3 nitrogen and oxygen atoms in total. The first-order valence-electron chi connectivity index (χ1n) is 13.5. The fourth-order valence-electron chi connectivity index (χ4n) is 9.70. The summed E-state index contributed by atoms with van der Waals surface area (Å²) in [6, 6.07) is 0. The molecule has 1 spiro atoms. The predicted octanol–water partition coefficient (Wildman–Crippen LogP) is 5.96. The van der Waals surface area contributed by atoms with Crippen molar-refractivity contribution >= 4 is 0 Å². The average Bonchev–Trinajstić information content (AvgIpc) is 3.26. The number of hydrogen-bond donors (Lipinski definition) is 2. The first-order valence-corrected chi connectivity index (χ1v) is 13.5. The minimum atomic E-state index is -0.568. The number of ether oxygens (including phenoxy) is 1. The molecule has 4 aliphatic carbocycles. The Labute approximate surface area is 190 Å². The number of hydrogen-bond acceptors (Lipinski definition) is 3. The van der Waals surface area contributed by atoms with Crippen LogP contribution in [0.1, 0.15) is 106 Å². The molecule has 31 heavy (non-hydrogen) atoms. The highest BCUT2D eigenvalue weighted by atomic mass is 16.6. The van der Waals surface area contributed by atoms with Gasteiger partial charge in [-0.3, -0.25) is 0 Å². The van der Waals surface area contributed by atoms with Crippen LogP contribution in [0.15, 0.2) is 0 Å². The largest absolute Gasteiger partial charge is 0.393 e. The van der Waals surface area contributed by atoms with Crippen LogP contribution in [0.3, 0.4) is 0 Å². The Hall–Kier alpha value is -0.120. The van der Waals surface area contributed by atoms with E-state index >= 15 is 0 Å². The third kappa shape index (κ3) is 3.22. The van der Waals surface area contributed by atoms with Crippen molar-refractivity contribution < 1.29 is 14.9 Å². The monoisotopic (exact) mass is 432 g/mol. The molecular weight excluding hydrogens is 384 g/mol. The van der Waals surface area contributed by atoms with Gasteiger partial charge in [0.05, 0.1) is 17.8 Å². The van der Waals surface area contributed by atoms with Crippen molar-refractivity contribution in [3.8, 4) is 0 Å². The van der Waals surface area contributed by atoms with Crippen LogP contribution in [0.5, 0.6) is 0 Å². The van der Waals surface area contributed by atoms with E-state index in [-0.39, 0.29) is 17.1 Å². The van der Waals surface area contributed by atoms with Crippen molar-refractivity contribution in [1.82, 2.24) is 0 Å². The second kappa shape index (κ2) is 7.19. The van der Waals surface area contributed by atoms with Crippen molar-refractivity contribution in [3.05, 3.63) is 0 Å². The van der Waals surface area contributed by atoms with Gasteiger partial charge in [0.15, 0.2) is 0 Å². The molecule has 0 aromatic heterocycles. The van der Waals surface area contributed by atoms with E-state index in [1.807, 2.05) is 13.8 Å². The van der Waals surface area contributed by atoms with Gasteiger partial charge < -0.3 is 14.9 Å². The lowest BCUT2D eigenvalue weighted by Gasteiger charge is -2.59. The third-order valence-electron chi connectivity index (χ3n) is 12.1. The highest BCUT2D eigenvalue weighted by molar-refractivity contribution is 5.24. The Balaban J connectivity index is 1.31. The standard InChI is InChI=1S/C28H48O3/c1-17(7-8-18(2)25(3,4)30)21-9-10-22-20-15-24-28(31-24)16-19(29)11-14-27(28,6)23(20)12-13-26(21,22)5/h17-24,29-30H,7-16H2,1-6H3/t17-,18+,19+,20+,21-,22+,23+,24+,26-,27-,28+/m1/s1. The van der Waals surface area contributed by atoms with E-state index in [0.29, 0.717) is 17.4 Å². The first kappa shape index (κ1) is 22.7. The zero-order valence-corrected chi connectivity index (χ0v) is 21.0. The van der Waals surface area contributed by atoms with Gasteiger partial charge in [0.25, 0.3) is 0 Å². The molecule has 5 aliphatic rings. The fourth-order valence-corrected chi connectivity index (χ4v) is 9.70. The fraction of sp³-hybridized carbons (Fsp3) is 1.00. The molecule has 11 atom stereocenters. The smallest absolute Gasteiger partial charge is 0.103 e. The Morgan fingerprint density at radius 1 is 1.00 bits per heavy atom. The molecule has 0 unspecified atom stereocenters. The molecule has 5 fully saturated rings. The van der Waals surface area contributed by atoms with E-state index in [4.69, 9.17) is 4.74 Å². The average molecular weight is 433 g/mol. The van der Waals surface area contributed by atoms with E-state index in [2.05, 4.69) is 27.7 Å². The van der Waals surface area contributed by atoms with E-state index in [0.717, 1.165) is 55.3 Å². The van der Waals surface area contributed by atoms with E-state index < -0.39 is 5.60 Å². The van der Waals surface area contributed by atoms with Crippen LogP contribution in [-0.2, 0) is 4.74 Å². The molecule has 3 heteroatoms.